The van der Waals surface area contributed by atoms with Gasteiger partial charge in [-0.1, -0.05) is 6.92 Å². The minimum atomic E-state index is -0.287. The summed E-state index contributed by atoms with van der Waals surface area (Å²) in [5, 5.41) is 0. The maximum Gasteiger partial charge on any atom is 0.310 e. The van der Waals surface area contributed by atoms with Crippen LogP contribution in [0.15, 0.2) is 0 Å². The quantitative estimate of drug-likeness (QED) is 0.465. The Morgan fingerprint density at radius 2 is 1.69 bits per heavy atom. The minimum absolute atomic E-state index is 0.157. The van der Waals surface area contributed by atoms with Crippen LogP contribution in [0, 0.1) is 29.1 Å². The average molecular weight is 366 g/mol. The maximum atomic E-state index is 13.6. The summed E-state index contributed by atoms with van der Waals surface area (Å²) in [4.78, 5) is 27.5. The highest BCUT2D eigenvalue weighted by Crippen LogP contribution is 2.60. The molecule has 4 aliphatic carbocycles. The Labute approximate surface area is 157 Å². The van der Waals surface area contributed by atoms with Crippen LogP contribution in [0.4, 0.5) is 0 Å². The summed E-state index contributed by atoms with van der Waals surface area (Å²) in [6.07, 6.45) is 7.99. The van der Waals surface area contributed by atoms with Gasteiger partial charge in [-0.2, -0.15) is 0 Å². The van der Waals surface area contributed by atoms with Crippen molar-refractivity contribution in [2.24, 2.45) is 29.1 Å². The molecule has 1 amide bonds. The zero-order valence-electron chi connectivity index (χ0n) is 16.7. The number of amides is 1. The lowest BCUT2D eigenvalue weighted by molar-refractivity contribution is -0.160. The molecule has 0 aromatic heterocycles. The first-order valence-corrected chi connectivity index (χ1v) is 10.4. The summed E-state index contributed by atoms with van der Waals surface area (Å²) >= 11 is 0. The number of methoxy groups -OCH3 is 1. The van der Waals surface area contributed by atoms with Gasteiger partial charge in [0.05, 0.1) is 18.4 Å². The van der Waals surface area contributed by atoms with E-state index in [9.17, 15) is 9.59 Å². The Kier molecular flexibility index (Phi) is 6.26. The van der Waals surface area contributed by atoms with Crippen molar-refractivity contribution < 1.29 is 19.1 Å². The van der Waals surface area contributed by atoms with Crippen molar-refractivity contribution in [3.63, 3.8) is 0 Å². The molecule has 0 saturated heterocycles. The van der Waals surface area contributed by atoms with Crippen LogP contribution in [-0.4, -0.2) is 50.2 Å². The third-order valence-electron chi connectivity index (χ3n) is 6.80. The summed E-state index contributed by atoms with van der Waals surface area (Å²) in [5.74, 6) is 2.00. The SMILES string of the molecule is CCOCCCN(CC(C)C(=O)OC)C(=O)C12CC3CC(CC(C3)C1)C2. The number of esters is 1. The van der Waals surface area contributed by atoms with Crippen molar-refractivity contribution >= 4 is 11.9 Å². The molecule has 0 spiro atoms. The minimum Gasteiger partial charge on any atom is -0.469 e. The molecule has 1 atom stereocenters. The zero-order valence-corrected chi connectivity index (χ0v) is 16.7. The van der Waals surface area contributed by atoms with E-state index in [-0.39, 0.29) is 17.3 Å². The summed E-state index contributed by atoms with van der Waals surface area (Å²) in [7, 11) is 1.42. The largest absolute Gasteiger partial charge is 0.469 e. The van der Waals surface area contributed by atoms with Gasteiger partial charge in [0, 0.05) is 26.3 Å². The number of nitrogens with zero attached hydrogens (tertiary/aromatic N) is 1. The molecule has 4 saturated carbocycles. The molecule has 4 bridgehead atoms. The number of ether oxygens (including phenoxy) is 2. The number of carbonyl (C=O) groups excluding carboxylic acids is 2. The summed E-state index contributed by atoms with van der Waals surface area (Å²) in [6, 6.07) is 0. The fraction of sp³-hybridized carbons (Fsp3) is 0.905. The van der Waals surface area contributed by atoms with Crippen LogP contribution >= 0.6 is 0 Å². The molecule has 0 N–H and O–H groups in total. The second-order valence-electron chi connectivity index (χ2n) is 8.92. The van der Waals surface area contributed by atoms with Gasteiger partial charge in [-0.05, 0) is 69.6 Å². The lowest BCUT2D eigenvalue weighted by Crippen LogP contribution is -2.55. The van der Waals surface area contributed by atoms with Crippen molar-refractivity contribution in [2.75, 3.05) is 33.4 Å². The third kappa shape index (κ3) is 4.08. The summed E-state index contributed by atoms with van der Waals surface area (Å²) in [6.45, 7) is 6.32. The summed E-state index contributed by atoms with van der Waals surface area (Å²) in [5.41, 5.74) is -0.157. The van der Waals surface area contributed by atoms with E-state index >= 15 is 0 Å². The molecular formula is C21H35NO4. The van der Waals surface area contributed by atoms with E-state index in [1.807, 2.05) is 18.7 Å². The highest BCUT2D eigenvalue weighted by molar-refractivity contribution is 5.84. The number of carbonyl (C=O) groups is 2. The molecule has 0 aliphatic heterocycles. The monoisotopic (exact) mass is 365 g/mol. The first-order chi connectivity index (χ1) is 12.5. The van der Waals surface area contributed by atoms with E-state index in [0.29, 0.717) is 32.2 Å². The van der Waals surface area contributed by atoms with Crippen molar-refractivity contribution in [3.8, 4) is 0 Å². The Hall–Kier alpha value is -1.10. The smallest absolute Gasteiger partial charge is 0.310 e. The fourth-order valence-electron chi connectivity index (χ4n) is 6.09. The van der Waals surface area contributed by atoms with Crippen LogP contribution in [0.2, 0.25) is 0 Å². The predicted molar refractivity (Wildman–Crippen MR) is 99.5 cm³/mol. The fourth-order valence-corrected chi connectivity index (χ4v) is 6.09. The molecule has 5 heteroatoms. The van der Waals surface area contributed by atoms with Gasteiger partial charge in [0.2, 0.25) is 5.91 Å². The van der Waals surface area contributed by atoms with Crippen LogP contribution in [-0.2, 0) is 19.1 Å². The Bertz CT molecular complexity index is 483. The van der Waals surface area contributed by atoms with Gasteiger partial charge in [0.1, 0.15) is 0 Å². The molecule has 5 nitrogen and oxygen atoms in total. The first kappa shape index (κ1) is 19.7. The number of hydrogen-bond donors (Lipinski definition) is 0. The van der Waals surface area contributed by atoms with Crippen molar-refractivity contribution in [1.82, 2.24) is 4.90 Å². The van der Waals surface area contributed by atoms with Gasteiger partial charge in [-0.3, -0.25) is 9.59 Å². The lowest BCUT2D eigenvalue weighted by atomic mass is 9.49. The first-order valence-electron chi connectivity index (χ1n) is 10.4. The third-order valence-corrected chi connectivity index (χ3v) is 6.80. The molecule has 0 aromatic rings. The predicted octanol–water partition coefficient (Wildman–Crippen LogP) is 3.27. The molecule has 26 heavy (non-hydrogen) atoms. The molecule has 1 unspecified atom stereocenters. The number of rotatable bonds is 9. The van der Waals surface area contributed by atoms with Gasteiger partial charge >= 0.3 is 5.97 Å². The van der Waals surface area contributed by atoms with E-state index in [1.54, 1.807) is 0 Å². The molecule has 4 rings (SSSR count). The molecular weight excluding hydrogens is 330 g/mol. The van der Waals surface area contributed by atoms with Gasteiger partial charge < -0.3 is 14.4 Å². The topological polar surface area (TPSA) is 55.8 Å². The van der Waals surface area contributed by atoms with Crippen molar-refractivity contribution in [2.45, 2.75) is 58.8 Å². The van der Waals surface area contributed by atoms with Crippen LogP contribution in [0.1, 0.15) is 58.8 Å². The highest BCUT2D eigenvalue weighted by atomic mass is 16.5. The van der Waals surface area contributed by atoms with Crippen LogP contribution < -0.4 is 0 Å². The molecule has 148 valence electrons. The summed E-state index contributed by atoms with van der Waals surface area (Å²) < 4.78 is 10.3. The second kappa shape index (κ2) is 8.28. The van der Waals surface area contributed by atoms with Crippen LogP contribution in [0.25, 0.3) is 0 Å². The van der Waals surface area contributed by atoms with Gasteiger partial charge in [-0.25, -0.2) is 0 Å². The average Bonchev–Trinajstić information content (AvgIpc) is 2.61. The number of hydrogen-bond acceptors (Lipinski definition) is 4. The standard InChI is InChI=1S/C21H35NO4/c1-4-26-7-5-6-22(14-15(2)19(23)25-3)20(24)21-11-16-8-17(12-21)10-18(9-16)13-21/h15-18H,4-14H2,1-3H3. The lowest BCUT2D eigenvalue weighted by Gasteiger charge is -2.56. The van der Waals surface area contributed by atoms with Crippen molar-refractivity contribution in [1.29, 1.82) is 0 Å². The van der Waals surface area contributed by atoms with E-state index in [4.69, 9.17) is 9.47 Å². The van der Waals surface area contributed by atoms with Crippen LogP contribution in [0.5, 0.6) is 0 Å². The van der Waals surface area contributed by atoms with Crippen LogP contribution in [0.3, 0.4) is 0 Å². The molecule has 0 aromatic carbocycles. The second-order valence-corrected chi connectivity index (χ2v) is 8.92. The van der Waals surface area contributed by atoms with E-state index < -0.39 is 0 Å². The van der Waals surface area contributed by atoms with Gasteiger partial charge in [0.25, 0.3) is 0 Å². The van der Waals surface area contributed by atoms with E-state index in [0.717, 1.165) is 43.4 Å². The Balaban J connectivity index is 1.70. The van der Waals surface area contributed by atoms with E-state index in [1.165, 1.54) is 26.4 Å². The van der Waals surface area contributed by atoms with Gasteiger partial charge in [0.15, 0.2) is 0 Å². The highest BCUT2D eigenvalue weighted by Gasteiger charge is 2.55. The van der Waals surface area contributed by atoms with Crippen molar-refractivity contribution in [3.05, 3.63) is 0 Å². The molecule has 4 aliphatic rings. The normalized spacial score (nSPS) is 33.1. The molecule has 4 fully saturated rings. The molecule has 0 heterocycles. The van der Waals surface area contributed by atoms with E-state index in [2.05, 4.69) is 0 Å². The van der Waals surface area contributed by atoms with Gasteiger partial charge in [-0.15, -0.1) is 0 Å². The molecule has 0 radical (unpaired) electrons. The Morgan fingerprint density at radius 1 is 1.12 bits per heavy atom. The zero-order chi connectivity index (χ0) is 18.7. The Morgan fingerprint density at radius 3 is 2.19 bits per heavy atom. The maximum absolute atomic E-state index is 13.6.